The Hall–Kier alpha value is -0.730. The molecule has 1 N–H and O–H groups in total. The molecule has 2 aliphatic rings. The van der Waals surface area contributed by atoms with Crippen LogP contribution in [0.1, 0.15) is 43.6 Å². The van der Waals surface area contributed by atoms with Gasteiger partial charge >= 0.3 is 0 Å². The van der Waals surface area contributed by atoms with Gasteiger partial charge in [0.2, 0.25) is 0 Å². The zero-order valence-electron chi connectivity index (χ0n) is 11.3. The molecule has 2 nitrogen and oxygen atoms in total. The number of alkyl halides is 1. The van der Waals surface area contributed by atoms with E-state index in [4.69, 9.17) is 16.3 Å². The van der Waals surface area contributed by atoms with Crippen LogP contribution in [0.25, 0.3) is 0 Å². The Bertz CT molecular complexity index is 415. The summed E-state index contributed by atoms with van der Waals surface area (Å²) in [4.78, 5) is 0. The van der Waals surface area contributed by atoms with Gasteiger partial charge in [0.05, 0.1) is 6.61 Å². The highest BCUT2D eigenvalue weighted by Gasteiger charge is 2.23. The molecular weight excluding hydrogens is 258 g/mol. The van der Waals surface area contributed by atoms with Gasteiger partial charge in [-0.25, -0.2) is 0 Å². The SMILES string of the molecule is ClC1CCC(NCC2CCOc3ccccc32)CC1. The molecule has 1 unspecified atom stereocenters. The Morgan fingerprint density at radius 1 is 1.11 bits per heavy atom. The van der Waals surface area contributed by atoms with E-state index in [-0.39, 0.29) is 0 Å². The minimum absolute atomic E-state index is 0.404. The minimum Gasteiger partial charge on any atom is -0.493 e. The average molecular weight is 280 g/mol. The number of hydrogen-bond donors (Lipinski definition) is 1. The topological polar surface area (TPSA) is 21.3 Å². The first kappa shape index (κ1) is 13.3. The highest BCUT2D eigenvalue weighted by Crippen LogP contribution is 2.33. The van der Waals surface area contributed by atoms with E-state index in [1.165, 1.54) is 18.4 Å². The first-order valence-corrected chi connectivity index (χ1v) is 7.86. The van der Waals surface area contributed by atoms with Gasteiger partial charge in [-0.2, -0.15) is 0 Å². The summed E-state index contributed by atoms with van der Waals surface area (Å²) in [5, 5.41) is 4.14. The van der Waals surface area contributed by atoms with Crippen LogP contribution in [0.2, 0.25) is 0 Å². The third-order valence-corrected chi connectivity index (χ3v) is 4.83. The van der Waals surface area contributed by atoms with Crippen molar-refractivity contribution in [1.82, 2.24) is 5.32 Å². The molecule has 1 heterocycles. The molecule has 19 heavy (non-hydrogen) atoms. The van der Waals surface area contributed by atoms with Crippen LogP contribution >= 0.6 is 11.6 Å². The fraction of sp³-hybridized carbons (Fsp3) is 0.625. The predicted octanol–water partition coefficient (Wildman–Crippen LogP) is 3.69. The van der Waals surface area contributed by atoms with Crippen molar-refractivity contribution in [2.45, 2.75) is 49.4 Å². The van der Waals surface area contributed by atoms with Crippen LogP contribution in [0.4, 0.5) is 0 Å². The van der Waals surface area contributed by atoms with Crippen molar-refractivity contribution in [1.29, 1.82) is 0 Å². The van der Waals surface area contributed by atoms with Gasteiger partial charge in [0.15, 0.2) is 0 Å². The first-order chi connectivity index (χ1) is 9.33. The van der Waals surface area contributed by atoms with E-state index in [1.807, 2.05) is 0 Å². The zero-order valence-corrected chi connectivity index (χ0v) is 12.0. The lowest BCUT2D eigenvalue weighted by Crippen LogP contribution is -2.37. The molecule has 1 aromatic carbocycles. The van der Waals surface area contributed by atoms with Crippen molar-refractivity contribution in [3.63, 3.8) is 0 Å². The first-order valence-electron chi connectivity index (χ1n) is 7.42. The van der Waals surface area contributed by atoms with Crippen LogP contribution in [0, 0.1) is 0 Å². The fourth-order valence-electron chi connectivity index (χ4n) is 3.19. The molecule has 1 aliphatic heterocycles. The van der Waals surface area contributed by atoms with Crippen molar-refractivity contribution >= 4 is 11.6 Å². The highest BCUT2D eigenvalue weighted by atomic mass is 35.5. The van der Waals surface area contributed by atoms with Crippen molar-refractivity contribution in [3.05, 3.63) is 29.8 Å². The van der Waals surface area contributed by atoms with Crippen molar-refractivity contribution < 1.29 is 4.74 Å². The average Bonchev–Trinajstić information content (AvgIpc) is 2.47. The van der Waals surface area contributed by atoms with E-state index in [1.54, 1.807) is 0 Å². The monoisotopic (exact) mass is 279 g/mol. The van der Waals surface area contributed by atoms with E-state index in [0.717, 1.165) is 38.2 Å². The molecule has 1 aromatic rings. The normalized spacial score (nSPS) is 30.5. The van der Waals surface area contributed by atoms with E-state index in [0.29, 0.717) is 17.3 Å². The quantitative estimate of drug-likeness (QED) is 0.852. The van der Waals surface area contributed by atoms with Crippen LogP contribution in [-0.4, -0.2) is 24.6 Å². The Labute approximate surface area is 120 Å². The molecule has 1 fully saturated rings. The van der Waals surface area contributed by atoms with Crippen LogP contribution in [0.3, 0.4) is 0 Å². The van der Waals surface area contributed by atoms with Crippen molar-refractivity contribution in [3.8, 4) is 5.75 Å². The van der Waals surface area contributed by atoms with E-state index >= 15 is 0 Å². The van der Waals surface area contributed by atoms with Gasteiger partial charge in [-0.15, -0.1) is 11.6 Å². The van der Waals surface area contributed by atoms with Crippen LogP contribution in [-0.2, 0) is 0 Å². The maximum absolute atomic E-state index is 6.15. The van der Waals surface area contributed by atoms with Crippen LogP contribution < -0.4 is 10.1 Å². The number of benzene rings is 1. The van der Waals surface area contributed by atoms with Gasteiger partial charge in [-0.05, 0) is 43.7 Å². The van der Waals surface area contributed by atoms with Crippen LogP contribution in [0.5, 0.6) is 5.75 Å². The van der Waals surface area contributed by atoms with Crippen molar-refractivity contribution in [2.24, 2.45) is 0 Å². The second kappa shape index (κ2) is 6.15. The van der Waals surface area contributed by atoms with E-state index < -0.39 is 0 Å². The third-order valence-electron chi connectivity index (χ3n) is 4.39. The van der Waals surface area contributed by atoms with Crippen LogP contribution in [0.15, 0.2) is 24.3 Å². The summed E-state index contributed by atoms with van der Waals surface area (Å²) < 4.78 is 5.71. The summed E-state index contributed by atoms with van der Waals surface area (Å²) in [7, 11) is 0. The Morgan fingerprint density at radius 3 is 2.74 bits per heavy atom. The second-order valence-electron chi connectivity index (χ2n) is 5.73. The fourth-order valence-corrected chi connectivity index (χ4v) is 3.45. The van der Waals surface area contributed by atoms with Gasteiger partial charge in [0.25, 0.3) is 0 Å². The molecule has 0 spiro atoms. The van der Waals surface area contributed by atoms with Crippen molar-refractivity contribution in [2.75, 3.05) is 13.2 Å². The number of rotatable bonds is 3. The molecule has 1 saturated carbocycles. The number of fused-ring (bicyclic) bond motifs is 1. The molecule has 0 radical (unpaired) electrons. The summed E-state index contributed by atoms with van der Waals surface area (Å²) in [6, 6.07) is 9.11. The molecule has 104 valence electrons. The Balaban J connectivity index is 1.56. The lowest BCUT2D eigenvalue weighted by Gasteiger charge is -2.30. The maximum atomic E-state index is 6.15. The standard InChI is InChI=1S/C16H22ClNO/c17-13-5-7-14(8-6-13)18-11-12-9-10-19-16-4-2-1-3-15(12)16/h1-4,12-14,18H,5-11H2. The largest absolute Gasteiger partial charge is 0.493 e. The molecule has 0 aromatic heterocycles. The smallest absolute Gasteiger partial charge is 0.122 e. The number of ether oxygens (including phenoxy) is 1. The van der Waals surface area contributed by atoms with Gasteiger partial charge < -0.3 is 10.1 Å². The number of halogens is 1. The van der Waals surface area contributed by atoms with Gasteiger partial charge in [0.1, 0.15) is 5.75 Å². The van der Waals surface area contributed by atoms with E-state index in [2.05, 4.69) is 29.6 Å². The number of nitrogens with one attached hydrogen (secondary N) is 1. The molecule has 0 bridgehead atoms. The molecular formula is C16H22ClNO. The summed E-state index contributed by atoms with van der Waals surface area (Å²) >= 11 is 6.15. The Kier molecular flexibility index (Phi) is 4.29. The maximum Gasteiger partial charge on any atom is 0.122 e. The molecule has 3 heteroatoms. The summed E-state index contributed by atoms with van der Waals surface area (Å²) in [5.41, 5.74) is 1.37. The molecule has 0 saturated heterocycles. The van der Waals surface area contributed by atoms with E-state index in [9.17, 15) is 0 Å². The Morgan fingerprint density at radius 2 is 1.89 bits per heavy atom. The lowest BCUT2D eigenvalue weighted by atomic mass is 9.91. The number of para-hydroxylation sites is 1. The summed E-state index contributed by atoms with van der Waals surface area (Å²) in [5.74, 6) is 1.67. The highest BCUT2D eigenvalue weighted by molar-refractivity contribution is 6.20. The molecule has 1 atom stereocenters. The lowest BCUT2D eigenvalue weighted by molar-refractivity contribution is 0.258. The third kappa shape index (κ3) is 3.24. The summed E-state index contributed by atoms with van der Waals surface area (Å²) in [6.45, 7) is 1.91. The molecule has 1 aliphatic carbocycles. The van der Waals surface area contributed by atoms with Gasteiger partial charge in [0, 0.05) is 23.9 Å². The molecule has 0 amide bonds. The van der Waals surface area contributed by atoms with Gasteiger partial charge in [-0.1, -0.05) is 18.2 Å². The molecule has 3 rings (SSSR count). The number of hydrogen-bond acceptors (Lipinski definition) is 2. The minimum atomic E-state index is 0.404. The zero-order chi connectivity index (χ0) is 13.1. The summed E-state index contributed by atoms with van der Waals surface area (Å²) in [6.07, 6.45) is 5.88. The predicted molar refractivity (Wildman–Crippen MR) is 79.2 cm³/mol. The van der Waals surface area contributed by atoms with Gasteiger partial charge in [-0.3, -0.25) is 0 Å². The second-order valence-corrected chi connectivity index (χ2v) is 6.35.